The number of rotatable bonds is 9. The summed E-state index contributed by atoms with van der Waals surface area (Å²) >= 11 is 0. The van der Waals surface area contributed by atoms with E-state index >= 15 is 0 Å². The highest BCUT2D eigenvalue weighted by atomic mass is 32.2. The maximum atomic E-state index is 13.3. The van der Waals surface area contributed by atoms with E-state index in [0.717, 1.165) is 16.5 Å². The summed E-state index contributed by atoms with van der Waals surface area (Å²) in [5.41, 5.74) is 1.83. The molecule has 1 atom stereocenters. The Kier molecular flexibility index (Phi) is 8.11. The van der Waals surface area contributed by atoms with Gasteiger partial charge in [0.1, 0.15) is 0 Å². The van der Waals surface area contributed by atoms with Crippen molar-refractivity contribution in [3.8, 4) is 0 Å². The van der Waals surface area contributed by atoms with Crippen LogP contribution >= 0.6 is 0 Å². The van der Waals surface area contributed by atoms with Crippen LogP contribution in [0.15, 0.2) is 29.3 Å². The number of aromatic nitrogens is 1. The Morgan fingerprint density at radius 1 is 1.13 bits per heavy atom. The minimum Gasteiger partial charge on any atom is -0.466 e. The van der Waals surface area contributed by atoms with Gasteiger partial charge < -0.3 is 18.9 Å². The van der Waals surface area contributed by atoms with Crippen LogP contribution < -0.4 is 4.72 Å². The predicted molar refractivity (Wildman–Crippen MR) is 143 cm³/mol. The number of hydrogen-bond acceptors (Lipinski definition) is 6. The smallest absolute Gasteiger partial charge is 0.306 e. The summed E-state index contributed by atoms with van der Waals surface area (Å²) in [6.45, 7) is 4.02. The Morgan fingerprint density at radius 3 is 2.61 bits per heavy atom. The molecule has 1 N–H and O–H groups in total. The van der Waals surface area contributed by atoms with E-state index < -0.39 is 10.0 Å². The first-order valence-corrected chi connectivity index (χ1v) is 15.4. The van der Waals surface area contributed by atoms with Crippen molar-refractivity contribution < 1.29 is 27.5 Å². The van der Waals surface area contributed by atoms with E-state index in [1.807, 2.05) is 28.8 Å². The van der Waals surface area contributed by atoms with Crippen molar-refractivity contribution in [3.05, 3.63) is 30.0 Å². The first-order valence-electron chi connectivity index (χ1n) is 13.9. The molecule has 0 spiro atoms. The van der Waals surface area contributed by atoms with Gasteiger partial charge in [-0.1, -0.05) is 0 Å². The third-order valence-corrected chi connectivity index (χ3v) is 9.79. The molecule has 2 aromatic rings. The molecule has 1 amide bonds. The first-order chi connectivity index (χ1) is 18.3. The van der Waals surface area contributed by atoms with E-state index in [1.165, 1.54) is 12.8 Å². The zero-order valence-electron chi connectivity index (χ0n) is 22.4. The number of aryl methyl sites for hydroxylation is 2. The van der Waals surface area contributed by atoms with E-state index in [1.54, 1.807) is 19.1 Å². The van der Waals surface area contributed by atoms with Crippen molar-refractivity contribution >= 4 is 32.8 Å². The van der Waals surface area contributed by atoms with E-state index in [4.69, 9.17) is 9.47 Å². The van der Waals surface area contributed by atoms with Crippen molar-refractivity contribution in [2.75, 3.05) is 26.4 Å². The number of nitrogens with one attached hydrogen (secondary N) is 1. The largest absolute Gasteiger partial charge is 0.466 e. The molecule has 0 radical (unpaired) electrons. The molecule has 1 aromatic heterocycles. The zero-order chi connectivity index (χ0) is 26.9. The normalized spacial score (nSPS) is 24.5. The van der Waals surface area contributed by atoms with Gasteiger partial charge in [0.15, 0.2) is 0 Å². The number of carbonyl (C=O) groups is 2. The lowest BCUT2D eigenvalue weighted by Crippen LogP contribution is -2.52. The standard InChI is InChI=1S/C28H39N3O6S/c1-3-37-27(32)13-8-21-17-30(2)25-12-11-23(16-24(21)25)38(34,35)29-22-9-6-20(7-10-22)28(33)31-14-15-36-18-26(31)19-4-5-19/h11-12,16-17,19-20,22,26,29H,3-10,13-15,18H2,1-2H3. The van der Waals surface area contributed by atoms with E-state index in [-0.39, 0.29) is 41.2 Å². The summed E-state index contributed by atoms with van der Waals surface area (Å²) in [5.74, 6) is 0.491. The monoisotopic (exact) mass is 545 g/mol. The lowest BCUT2D eigenvalue weighted by atomic mass is 9.85. The van der Waals surface area contributed by atoms with Crippen LogP contribution in [-0.4, -0.2) is 68.2 Å². The van der Waals surface area contributed by atoms with Gasteiger partial charge >= 0.3 is 5.97 Å². The third kappa shape index (κ3) is 5.92. The quantitative estimate of drug-likeness (QED) is 0.485. The van der Waals surface area contributed by atoms with Crippen LogP contribution in [0, 0.1) is 11.8 Å². The Bertz CT molecular complexity index is 1280. The molecule has 2 saturated carbocycles. The number of fused-ring (bicyclic) bond motifs is 1. The molecule has 208 valence electrons. The average molecular weight is 546 g/mol. The van der Waals surface area contributed by atoms with Crippen LogP contribution in [0.3, 0.4) is 0 Å². The number of hydrogen-bond donors (Lipinski definition) is 1. The van der Waals surface area contributed by atoms with Gasteiger partial charge in [0.25, 0.3) is 0 Å². The van der Waals surface area contributed by atoms with Crippen LogP contribution in [0.25, 0.3) is 10.9 Å². The van der Waals surface area contributed by atoms with Gasteiger partial charge in [0.05, 0.1) is 30.8 Å². The number of carbonyl (C=O) groups excluding carboxylic acids is 2. The molecule has 1 aromatic carbocycles. The second kappa shape index (κ2) is 11.4. The molecule has 1 aliphatic heterocycles. The number of nitrogens with zero attached hydrogens (tertiary/aromatic N) is 2. The molecule has 5 rings (SSSR count). The average Bonchev–Trinajstić information content (AvgIpc) is 3.71. The van der Waals surface area contributed by atoms with Gasteiger partial charge in [-0.15, -0.1) is 0 Å². The fourth-order valence-corrected chi connectivity index (χ4v) is 7.37. The second-order valence-corrected chi connectivity index (χ2v) is 12.6. The van der Waals surface area contributed by atoms with Crippen molar-refractivity contribution in [2.45, 2.75) is 75.3 Å². The number of sulfonamides is 1. The van der Waals surface area contributed by atoms with Crippen LogP contribution in [0.1, 0.15) is 57.4 Å². The molecule has 3 aliphatic rings. The fraction of sp³-hybridized carbons (Fsp3) is 0.643. The number of morpholine rings is 1. The molecule has 0 bridgehead atoms. The molecule has 2 heterocycles. The fourth-order valence-electron chi connectivity index (χ4n) is 6.04. The highest BCUT2D eigenvalue weighted by Gasteiger charge is 2.41. The highest BCUT2D eigenvalue weighted by Crippen LogP contribution is 2.38. The molecular formula is C28H39N3O6S. The number of benzene rings is 1. The maximum absolute atomic E-state index is 13.3. The number of ether oxygens (including phenoxy) is 2. The zero-order valence-corrected chi connectivity index (χ0v) is 23.2. The van der Waals surface area contributed by atoms with Crippen molar-refractivity contribution in [3.63, 3.8) is 0 Å². The van der Waals surface area contributed by atoms with Crippen LogP contribution in [0.4, 0.5) is 0 Å². The van der Waals surface area contributed by atoms with Gasteiger partial charge in [0, 0.05) is 49.1 Å². The molecule has 1 saturated heterocycles. The SMILES string of the molecule is CCOC(=O)CCc1cn(C)c2ccc(S(=O)(=O)NC3CCC(C(=O)N4CCOCC4C4CC4)CC3)cc12. The van der Waals surface area contributed by atoms with Gasteiger partial charge in [-0.3, -0.25) is 9.59 Å². The summed E-state index contributed by atoms with van der Waals surface area (Å²) in [5, 5.41) is 0.824. The van der Waals surface area contributed by atoms with Gasteiger partial charge in [-0.2, -0.15) is 0 Å². The summed E-state index contributed by atoms with van der Waals surface area (Å²) < 4.78 is 42.2. The molecule has 2 aliphatic carbocycles. The Hall–Kier alpha value is -2.43. The van der Waals surface area contributed by atoms with Crippen molar-refractivity contribution in [2.24, 2.45) is 18.9 Å². The third-order valence-electron chi connectivity index (χ3n) is 8.27. The van der Waals surface area contributed by atoms with Crippen LogP contribution in [0.5, 0.6) is 0 Å². The maximum Gasteiger partial charge on any atom is 0.306 e. The summed E-state index contributed by atoms with van der Waals surface area (Å²) in [6, 6.07) is 5.16. The summed E-state index contributed by atoms with van der Waals surface area (Å²) in [7, 11) is -1.82. The van der Waals surface area contributed by atoms with Crippen molar-refractivity contribution in [1.82, 2.24) is 14.2 Å². The van der Waals surface area contributed by atoms with Gasteiger partial charge in [-0.05, 0) is 81.5 Å². The summed E-state index contributed by atoms with van der Waals surface area (Å²) in [4.78, 5) is 27.4. The van der Waals surface area contributed by atoms with E-state index in [2.05, 4.69) is 4.72 Å². The second-order valence-electron chi connectivity index (χ2n) is 10.9. The highest BCUT2D eigenvalue weighted by molar-refractivity contribution is 7.89. The Morgan fingerprint density at radius 2 is 1.89 bits per heavy atom. The Balaban J connectivity index is 1.21. The molecule has 9 nitrogen and oxygen atoms in total. The van der Waals surface area contributed by atoms with Gasteiger partial charge in [-0.25, -0.2) is 13.1 Å². The minimum atomic E-state index is -3.73. The number of amides is 1. The summed E-state index contributed by atoms with van der Waals surface area (Å²) in [6.07, 6.45) is 7.69. The lowest BCUT2D eigenvalue weighted by Gasteiger charge is -2.39. The molecule has 1 unspecified atom stereocenters. The van der Waals surface area contributed by atoms with E-state index in [9.17, 15) is 18.0 Å². The van der Waals surface area contributed by atoms with Crippen molar-refractivity contribution in [1.29, 1.82) is 0 Å². The van der Waals surface area contributed by atoms with E-state index in [0.29, 0.717) is 64.4 Å². The topological polar surface area (TPSA) is 107 Å². The molecule has 3 fully saturated rings. The Labute approximate surface area is 224 Å². The first kappa shape index (κ1) is 27.1. The molecule has 38 heavy (non-hydrogen) atoms. The van der Waals surface area contributed by atoms with Crippen LogP contribution in [0.2, 0.25) is 0 Å². The van der Waals surface area contributed by atoms with Gasteiger partial charge in [0.2, 0.25) is 15.9 Å². The number of esters is 1. The minimum absolute atomic E-state index is 0.0438. The van der Waals surface area contributed by atoms with Crippen LogP contribution in [-0.2, 0) is 42.6 Å². The molecular weight excluding hydrogens is 506 g/mol. The molecule has 10 heteroatoms. The lowest BCUT2D eigenvalue weighted by molar-refractivity contribution is -0.146. The predicted octanol–water partition coefficient (Wildman–Crippen LogP) is 3.15.